The van der Waals surface area contributed by atoms with Gasteiger partial charge in [-0.1, -0.05) is 6.92 Å². The van der Waals surface area contributed by atoms with E-state index < -0.39 is 23.2 Å². The number of ether oxygens (including phenoxy) is 1. The van der Waals surface area contributed by atoms with Crippen molar-refractivity contribution in [3.63, 3.8) is 0 Å². The van der Waals surface area contributed by atoms with Crippen molar-refractivity contribution in [3.8, 4) is 0 Å². The lowest BCUT2D eigenvalue weighted by Gasteiger charge is -2.48. The van der Waals surface area contributed by atoms with Crippen molar-refractivity contribution < 1.29 is 19.4 Å². The highest BCUT2D eigenvalue weighted by Crippen LogP contribution is 2.31. The molecule has 2 unspecified atom stereocenters. The molecule has 0 saturated carbocycles. The van der Waals surface area contributed by atoms with Gasteiger partial charge in [-0.05, 0) is 40.0 Å². The van der Waals surface area contributed by atoms with Gasteiger partial charge in [0.25, 0.3) is 0 Å². The largest absolute Gasteiger partial charge is 0.480 e. The molecule has 0 aromatic heterocycles. The van der Waals surface area contributed by atoms with Gasteiger partial charge in [-0.3, -0.25) is 0 Å². The van der Waals surface area contributed by atoms with Crippen LogP contribution in [0.15, 0.2) is 0 Å². The first kappa shape index (κ1) is 16.1. The molecule has 0 aromatic carbocycles. The molecular weight excluding hydrogens is 272 g/mol. The Morgan fingerprint density at radius 1 is 1.14 bits per heavy atom. The molecule has 2 aliphatic rings. The van der Waals surface area contributed by atoms with Crippen molar-refractivity contribution >= 4 is 12.0 Å². The van der Waals surface area contributed by atoms with Gasteiger partial charge in [0.1, 0.15) is 6.04 Å². The lowest BCUT2D eigenvalue weighted by atomic mass is 9.99. The number of carboxylic acids is 1. The first-order chi connectivity index (χ1) is 9.52. The Hall–Kier alpha value is -1.30. The van der Waals surface area contributed by atoms with Crippen LogP contribution in [0.3, 0.4) is 0 Å². The Kier molecular flexibility index (Phi) is 3.95. The summed E-state index contributed by atoms with van der Waals surface area (Å²) in [5.74, 6) is -0.923. The summed E-state index contributed by atoms with van der Waals surface area (Å²) < 4.78 is 5.97. The van der Waals surface area contributed by atoms with E-state index in [1.807, 2.05) is 34.6 Å². The summed E-state index contributed by atoms with van der Waals surface area (Å²) in [4.78, 5) is 27.4. The molecule has 6 nitrogen and oxygen atoms in total. The average molecular weight is 298 g/mol. The van der Waals surface area contributed by atoms with E-state index in [1.54, 1.807) is 4.90 Å². The zero-order valence-corrected chi connectivity index (χ0v) is 13.5. The molecule has 2 amide bonds. The van der Waals surface area contributed by atoms with Gasteiger partial charge in [0, 0.05) is 6.54 Å². The van der Waals surface area contributed by atoms with Crippen LogP contribution in [0.4, 0.5) is 4.79 Å². The van der Waals surface area contributed by atoms with Gasteiger partial charge in [-0.15, -0.1) is 0 Å². The van der Waals surface area contributed by atoms with Crippen LogP contribution < -0.4 is 0 Å². The normalized spacial score (nSPS) is 31.3. The number of amides is 2. The molecule has 2 atom stereocenters. The van der Waals surface area contributed by atoms with Crippen LogP contribution in [0, 0.1) is 5.92 Å². The smallest absolute Gasteiger partial charge is 0.326 e. The van der Waals surface area contributed by atoms with Crippen LogP contribution in [0.1, 0.15) is 41.0 Å². The molecule has 2 heterocycles. The van der Waals surface area contributed by atoms with Crippen molar-refractivity contribution in [2.24, 2.45) is 5.92 Å². The fourth-order valence-electron chi connectivity index (χ4n) is 3.64. The summed E-state index contributed by atoms with van der Waals surface area (Å²) in [5.41, 5.74) is -0.858. The third-order valence-corrected chi connectivity index (χ3v) is 4.17. The number of hydrogen-bond donors (Lipinski definition) is 1. The highest BCUT2D eigenvalue weighted by Gasteiger charge is 2.45. The number of carbonyl (C=O) groups is 2. The Balaban J connectivity index is 2.17. The molecule has 0 aliphatic carbocycles. The summed E-state index contributed by atoms with van der Waals surface area (Å²) in [6.45, 7) is 11.2. The maximum atomic E-state index is 12.8. The van der Waals surface area contributed by atoms with Gasteiger partial charge in [0.15, 0.2) is 0 Å². The van der Waals surface area contributed by atoms with E-state index in [1.165, 1.54) is 4.90 Å². The van der Waals surface area contributed by atoms with Crippen LogP contribution in [0.5, 0.6) is 0 Å². The van der Waals surface area contributed by atoms with Crippen molar-refractivity contribution in [1.82, 2.24) is 9.80 Å². The predicted molar refractivity (Wildman–Crippen MR) is 78.1 cm³/mol. The molecule has 21 heavy (non-hydrogen) atoms. The number of carbonyl (C=O) groups excluding carboxylic acids is 1. The number of rotatable bonds is 1. The van der Waals surface area contributed by atoms with Crippen LogP contribution >= 0.6 is 0 Å². The number of aliphatic carboxylic acids is 1. The van der Waals surface area contributed by atoms with E-state index in [-0.39, 0.29) is 11.9 Å². The predicted octanol–water partition coefficient (Wildman–Crippen LogP) is 1.79. The third kappa shape index (κ3) is 3.31. The van der Waals surface area contributed by atoms with Gasteiger partial charge in [0.05, 0.1) is 24.3 Å². The van der Waals surface area contributed by atoms with Crippen molar-refractivity contribution in [2.75, 3.05) is 19.6 Å². The molecule has 0 radical (unpaired) electrons. The lowest BCUT2D eigenvalue weighted by molar-refractivity contribution is -0.172. The van der Waals surface area contributed by atoms with E-state index >= 15 is 0 Å². The van der Waals surface area contributed by atoms with Crippen LogP contribution in [0.2, 0.25) is 0 Å². The molecule has 2 fully saturated rings. The third-order valence-electron chi connectivity index (χ3n) is 4.17. The minimum Gasteiger partial charge on any atom is -0.480 e. The number of likely N-dealkylation sites (tertiary alicyclic amines) is 1. The second-order valence-electron chi connectivity index (χ2n) is 7.50. The molecule has 6 heteroatoms. The van der Waals surface area contributed by atoms with Crippen LogP contribution in [-0.4, -0.2) is 63.8 Å². The van der Waals surface area contributed by atoms with E-state index in [4.69, 9.17) is 4.74 Å². The fourth-order valence-corrected chi connectivity index (χ4v) is 3.64. The number of hydrogen-bond acceptors (Lipinski definition) is 3. The fraction of sp³-hybridized carbons (Fsp3) is 0.867. The highest BCUT2D eigenvalue weighted by molar-refractivity contribution is 5.83. The Morgan fingerprint density at radius 2 is 1.67 bits per heavy atom. The molecule has 120 valence electrons. The monoisotopic (exact) mass is 298 g/mol. The van der Waals surface area contributed by atoms with Gasteiger partial charge in [-0.25, -0.2) is 9.59 Å². The number of urea groups is 1. The van der Waals surface area contributed by atoms with E-state index in [0.717, 1.165) is 6.42 Å². The Bertz CT molecular complexity index is 431. The average Bonchev–Trinajstić information content (AvgIpc) is 2.65. The highest BCUT2D eigenvalue weighted by atomic mass is 16.5. The summed E-state index contributed by atoms with van der Waals surface area (Å²) >= 11 is 0. The number of nitrogens with zero attached hydrogens (tertiary/aromatic N) is 2. The SMILES string of the molecule is CC1CCN(C(=O)N2CC(C)(C)OC(C)(C)C2)C1C(=O)O. The zero-order chi connectivity index (χ0) is 16.0. The Labute approximate surface area is 126 Å². The molecule has 0 bridgehead atoms. The molecule has 2 saturated heterocycles. The van der Waals surface area contributed by atoms with E-state index in [0.29, 0.717) is 19.6 Å². The molecule has 2 aliphatic heterocycles. The minimum atomic E-state index is -0.917. The first-order valence-electron chi connectivity index (χ1n) is 7.51. The standard InChI is InChI=1S/C15H26N2O4/c1-10-6-7-17(11(10)12(18)19)13(20)16-8-14(2,3)21-15(4,5)9-16/h10-11H,6-9H2,1-5H3,(H,18,19). The summed E-state index contributed by atoms with van der Waals surface area (Å²) in [5, 5.41) is 9.37. The molecular formula is C15H26N2O4. The second kappa shape index (κ2) is 5.16. The minimum absolute atomic E-state index is 0.00601. The summed E-state index contributed by atoms with van der Waals surface area (Å²) in [6, 6.07) is -0.900. The maximum Gasteiger partial charge on any atom is 0.326 e. The van der Waals surface area contributed by atoms with E-state index in [2.05, 4.69) is 0 Å². The Morgan fingerprint density at radius 3 is 2.14 bits per heavy atom. The van der Waals surface area contributed by atoms with Crippen molar-refractivity contribution in [1.29, 1.82) is 0 Å². The topological polar surface area (TPSA) is 70.1 Å². The maximum absolute atomic E-state index is 12.8. The molecule has 0 spiro atoms. The quantitative estimate of drug-likeness (QED) is 0.801. The van der Waals surface area contributed by atoms with Crippen molar-refractivity contribution in [2.45, 2.75) is 58.3 Å². The van der Waals surface area contributed by atoms with Gasteiger partial charge >= 0.3 is 12.0 Å². The van der Waals surface area contributed by atoms with Gasteiger partial charge in [0.2, 0.25) is 0 Å². The van der Waals surface area contributed by atoms with Gasteiger partial charge in [-0.2, -0.15) is 0 Å². The van der Waals surface area contributed by atoms with Gasteiger partial charge < -0.3 is 19.6 Å². The summed E-state index contributed by atoms with van der Waals surface area (Å²) in [6.07, 6.45) is 0.736. The van der Waals surface area contributed by atoms with E-state index in [9.17, 15) is 14.7 Å². The van der Waals surface area contributed by atoms with Crippen molar-refractivity contribution in [3.05, 3.63) is 0 Å². The molecule has 0 aromatic rings. The van der Waals surface area contributed by atoms with Crippen LogP contribution in [-0.2, 0) is 9.53 Å². The lowest BCUT2D eigenvalue weighted by Crippen LogP contribution is -2.61. The number of carboxylic acid groups (broad SMARTS) is 1. The zero-order valence-electron chi connectivity index (χ0n) is 13.5. The molecule has 1 N–H and O–H groups in total. The second-order valence-corrected chi connectivity index (χ2v) is 7.50. The van der Waals surface area contributed by atoms with Crippen LogP contribution in [0.25, 0.3) is 0 Å². The first-order valence-corrected chi connectivity index (χ1v) is 7.51. The molecule has 2 rings (SSSR count). The summed E-state index contributed by atoms with van der Waals surface area (Å²) in [7, 11) is 0. The number of morpholine rings is 1.